The van der Waals surface area contributed by atoms with E-state index in [4.69, 9.17) is 11.6 Å². The van der Waals surface area contributed by atoms with E-state index in [1.165, 1.54) is 0 Å². The summed E-state index contributed by atoms with van der Waals surface area (Å²) in [6.45, 7) is 3.23. The molecule has 0 bridgehead atoms. The summed E-state index contributed by atoms with van der Waals surface area (Å²) in [6, 6.07) is 0. The van der Waals surface area contributed by atoms with Crippen LogP contribution in [0.3, 0.4) is 0 Å². The Balaban J connectivity index is 1.90. The van der Waals surface area contributed by atoms with Gasteiger partial charge in [0.1, 0.15) is 0 Å². The number of hydrogen-bond acceptors (Lipinski definition) is 3. The molecule has 1 aromatic heterocycles. The SMILES string of the molecule is Cc1nn(C)c(CNCC2CCCCC2C(=O)O)c1Cl. The van der Waals surface area contributed by atoms with Crippen molar-refractivity contribution in [3.63, 3.8) is 0 Å². The quantitative estimate of drug-likeness (QED) is 0.876. The predicted molar refractivity (Wildman–Crippen MR) is 77.7 cm³/mol. The number of carboxylic acid groups (broad SMARTS) is 1. The van der Waals surface area contributed by atoms with Gasteiger partial charge >= 0.3 is 5.97 Å². The number of carbonyl (C=O) groups is 1. The summed E-state index contributed by atoms with van der Waals surface area (Å²) in [4.78, 5) is 11.2. The van der Waals surface area contributed by atoms with Crippen LogP contribution < -0.4 is 5.32 Å². The van der Waals surface area contributed by atoms with Crippen LogP contribution in [0.4, 0.5) is 0 Å². The Hall–Kier alpha value is -1.07. The van der Waals surface area contributed by atoms with Crippen LogP contribution in [0.15, 0.2) is 0 Å². The molecule has 0 radical (unpaired) electrons. The van der Waals surface area contributed by atoms with Gasteiger partial charge < -0.3 is 10.4 Å². The smallest absolute Gasteiger partial charge is 0.306 e. The Morgan fingerprint density at radius 1 is 1.50 bits per heavy atom. The lowest BCUT2D eigenvalue weighted by Crippen LogP contribution is -2.34. The van der Waals surface area contributed by atoms with E-state index in [0.29, 0.717) is 11.6 Å². The molecule has 2 N–H and O–H groups in total. The third kappa shape index (κ3) is 3.33. The lowest BCUT2D eigenvalue weighted by molar-refractivity contribution is -0.144. The highest BCUT2D eigenvalue weighted by Gasteiger charge is 2.30. The van der Waals surface area contributed by atoms with Crippen LogP contribution in [0.25, 0.3) is 0 Å². The molecule has 0 spiro atoms. The summed E-state index contributed by atoms with van der Waals surface area (Å²) >= 11 is 6.20. The van der Waals surface area contributed by atoms with E-state index in [1.54, 1.807) is 4.68 Å². The van der Waals surface area contributed by atoms with Crippen molar-refractivity contribution in [2.24, 2.45) is 18.9 Å². The van der Waals surface area contributed by atoms with E-state index in [-0.39, 0.29) is 11.8 Å². The Labute approximate surface area is 124 Å². The maximum Gasteiger partial charge on any atom is 0.306 e. The van der Waals surface area contributed by atoms with Crippen LogP contribution in [0.5, 0.6) is 0 Å². The second-order valence-corrected chi connectivity index (χ2v) is 5.97. The number of nitrogens with one attached hydrogen (secondary N) is 1. The number of rotatable bonds is 5. The fourth-order valence-electron chi connectivity index (χ4n) is 3.03. The largest absolute Gasteiger partial charge is 0.481 e. The second kappa shape index (κ2) is 6.59. The third-order valence-electron chi connectivity index (χ3n) is 4.19. The monoisotopic (exact) mass is 299 g/mol. The number of halogens is 1. The average Bonchev–Trinajstić information content (AvgIpc) is 2.65. The Morgan fingerprint density at radius 3 is 2.80 bits per heavy atom. The van der Waals surface area contributed by atoms with Gasteiger partial charge in [-0.15, -0.1) is 0 Å². The van der Waals surface area contributed by atoms with Crippen LogP contribution in [0.1, 0.15) is 37.1 Å². The van der Waals surface area contributed by atoms with E-state index >= 15 is 0 Å². The molecule has 1 fully saturated rings. The zero-order valence-corrected chi connectivity index (χ0v) is 12.8. The molecule has 2 atom stereocenters. The Kier molecular flexibility index (Phi) is 5.05. The number of aromatic nitrogens is 2. The number of aryl methyl sites for hydroxylation is 2. The molecule has 2 rings (SSSR count). The molecular weight excluding hydrogens is 278 g/mol. The molecule has 112 valence electrons. The molecule has 20 heavy (non-hydrogen) atoms. The van der Waals surface area contributed by atoms with E-state index in [2.05, 4.69) is 10.4 Å². The van der Waals surface area contributed by atoms with Crippen LogP contribution >= 0.6 is 11.6 Å². The molecule has 0 aliphatic heterocycles. The highest BCUT2D eigenvalue weighted by Crippen LogP contribution is 2.30. The van der Waals surface area contributed by atoms with Gasteiger partial charge in [0.15, 0.2) is 0 Å². The van der Waals surface area contributed by atoms with E-state index < -0.39 is 5.97 Å². The summed E-state index contributed by atoms with van der Waals surface area (Å²) in [7, 11) is 1.87. The molecular formula is C14H22ClN3O2. The predicted octanol–water partition coefficient (Wildman–Crippen LogP) is 2.36. The van der Waals surface area contributed by atoms with E-state index in [1.807, 2.05) is 14.0 Å². The van der Waals surface area contributed by atoms with Gasteiger partial charge in [-0.25, -0.2) is 0 Å². The first kappa shape index (κ1) is 15.3. The molecule has 1 aliphatic rings. The topological polar surface area (TPSA) is 67.2 Å². The summed E-state index contributed by atoms with van der Waals surface area (Å²) in [5.74, 6) is -0.653. The van der Waals surface area contributed by atoms with E-state index in [9.17, 15) is 9.90 Å². The minimum atomic E-state index is -0.661. The number of hydrogen-bond donors (Lipinski definition) is 2. The molecule has 6 heteroatoms. The van der Waals surface area contributed by atoms with Crippen LogP contribution in [-0.2, 0) is 18.4 Å². The molecule has 0 amide bonds. The van der Waals surface area contributed by atoms with Gasteiger partial charge in [0, 0.05) is 13.6 Å². The van der Waals surface area contributed by atoms with Gasteiger partial charge in [-0.2, -0.15) is 5.10 Å². The van der Waals surface area contributed by atoms with Gasteiger partial charge in [-0.05, 0) is 32.2 Å². The van der Waals surface area contributed by atoms with Crippen molar-refractivity contribution in [3.05, 3.63) is 16.4 Å². The molecule has 1 heterocycles. The lowest BCUT2D eigenvalue weighted by atomic mass is 9.79. The minimum Gasteiger partial charge on any atom is -0.481 e. The first-order valence-corrected chi connectivity index (χ1v) is 7.50. The first-order chi connectivity index (χ1) is 9.50. The molecule has 1 aromatic rings. The summed E-state index contributed by atoms with van der Waals surface area (Å²) in [5.41, 5.74) is 1.78. The highest BCUT2D eigenvalue weighted by molar-refractivity contribution is 6.31. The average molecular weight is 300 g/mol. The molecule has 1 saturated carbocycles. The van der Waals surface area contributed by atoms with Crippen molar-refractivity contribution in [1.29, 1.82) is 0 Å². The van der Waals surface area contributed by atoms with Gasteiger partial charge in [-0.3, -0.25) is 9.48 Å². The zero-order chi connectivity index (χ0) is 14.7. The summed E-state index contributed by atoms with van der Waals surface area (Å²) < 4.78 is 1.78. The molecule has 1 aliphatic carbocycles. The van der Waals surface area contributed by atoms with Crippen molar-refractivity contribution in [3.8, 4) is 0 Å². The maximum atomic E-state index is 11.2. The summed E-state index contributed by atoms with van der Waals surface area (Å²) in [6.07, 6.45) is 3.94. The number of nitrogens with zero attached hydrogens (tertiary/aromatic N) is 2. The van der Waals surface area contributed by atoms with Crippen molar-refractivity contribution in [2.45, 2.75) is 39.2 Å². The van der Waals surface area contributed by atoms with E-state index in [0.717, 1.165) is 43.6 Å². The zero-order valence-electron chi connectivity index (χ0n) is 12.0. The number of aliphatic carboxylic acids is 1. The first-order valence-electron chi connectivity index (χ1n) is 7.12. The minimum absolute atomic E-state index is 0.208. The molecule has 0 saturated heterocycles. The fourth-order valence-corrected chi connectivity index (χ4v) is 3.25. The molecule has 5 nitrogen and oxygen atoms in total. The summed E-state index contributed by atoms with van der Waals surface area (Å²) in [5, 5.41) is 17.6. The van der Waals surface area contributed by atoms with Crippen molar-refractivity contribution < 1.29 is 9.90 Å². The van der Waals surface area contributed by atoms with Gasteiger partial charge in [0.2, 0.25) is 0 Å². The van der Waals surface area contributed by atoms with Crippen LogP contribution in [0, 0.1) is 18.8 Å². The van der Waals surface area contributed by atoms with Crippen LogP contribution in [-0.4, -0.2) is 27.4 Å². The normalized spacial score (nSPS) is 22.9. The molecule has 0 aromatic carbocycles. The lowest BCUT2D eigenvalue weighted by Gasteiger charge is -2.28. The van der Waals surface area contributed by atoms with Gasteiger partial charge in [0.05, 0.1) is 22.3 Å². The van der Waals surface area contributed by atoms with Gasteiger partial charge in [0.25, 0.3) is 0 Å². The maximum absolute atomic E-state index is 11.2. The van der Waals surface area contributed by atoms with Crippen molar-refractivity contribution in [1.82, 2.24) is 15.1 Å². The second-order valence-electron chi connectivity index (χ2n) is 5.59. The number of carboxylic acids is 1. The third-order valence-corrected chi connectivity index (χ3v) is 4.68. The Morgan fingerprint density at radius 2 is 2.20 bits per heavy atom. The van der Waals surface area contributed by atoms with Gasteiger partial charge in [-0.1, -0.05) is 24.4 Å². The Bertz CT molecular complexity index is 487. The standard InChI is InChI=1S/C14H22ClN3O2/c1-9-13(15)12(18(2)17-9)8-16-7-10-5-3-4-6-11(10)14(19)20/h10-11,16H,3-8H2,1-2H3,(H,19,20). The van der Waals surface area contributed by atoms with Crippen molar-refractivity contribution >= 4 is 17.6 Å². The fraction of sp³-hybridized carbons (Fsp3) is 0.714. The van der Waals surface area contributed by atoms with Crippen molar-refractivity contribution in [2.75, 3.05) is 6.54 Å². The molecule has 2 unspecified atom stereocenters. The highest BCUT2D eigenvalue weighted by atomic mass is 35.5. The van der Waals surface area contributed by atoms with Crippen LogP contribution in [0.2, 0.25) is 5.02 Å².